The fourth-order valence-electron chi connectivity index (χ4n) is 5.47. The van der Waals surface area contributed by atoms with Gasteiger partial charge in [-0.15, -0.1) is 0 Å². The van der Waals surface area contributed by atoms with Gasteiger partial charge in [0.15, 0.2) is 0 Å². The molecular weight excluding hydrogens is 412 g/mol. The number of nitrogens with zero attached hydrogens (tertiary/aromatic N) is 3. The maximum Gasteiger partial charge on any atom is 0.325 e. The lowest BCUT2D eigenvalue weighted by Crippen LogP contribution is -2.57. The van der Waals surface area contributed by atoms with Crippen molar-refractivity contribution in [2.45, 2.75) is 82.9 Å². The third-order valence-electron chi connectivity index (χ3n) is 7.41. The van der Waals surface area contributed by atoms with Gasteiger partial charge in [-0.25, -0.2) is 4.79 Å². The molecule has 4 aliphatic heterocycles. The number of hydrogen-bond acceptors (Lipinski definition) is 5. The first-order chi connectivity index (χ1) is 15.3. The van der Waals surface area contributed by atoms with Crippen molar-refractivity contribution in [3.8, 4) is 0 Å². The number of hydrogen-bond donors (Lipinski definition) is 1. The van der Waals surface area contributed by atoms with E-state index in [0.717, 1.165) is 25.7 Å². The van der Waals surface area contributed by atoms with E-state index < -0.39 is 5.54 Å². The average molecular weight is 449 g/mol. The predicted octanol–water partition coefficient (Wildman–Crippen LogP) is 1.51. The van der Waals surface area contributed by atoms with Gasteiger partial charge >= 0.3 is 6.03 Å². The Labute approximate surface area is 189 Å². The smallest absolute Gasteiger partial charge is 0.325 e. The summed E-state index contributed by atoms with van der Waals surface area (Å²) in [6.07, 6.45) is 5.74. The highest BCUT2D eigenvalue weighted by molar-refractivity contribution is 6.07. The molecule has 32 heavy (non-hydrogen) atoms. The minimum atomic E-state index is -0.924. The minimum Gasteiger partial charge on any atom is -0.378 e. The van der Waals surface area contributed by atoms with Crippen LogP contribution in [0.1, 0.15) is 65.2 Å². The van der Waals surface area contributed by atoms with Crippen molar-refractivity contribution in [1.82, 2.24) is 20.0 Å². The summed E-state index contributed by atoms with van der Waals surface area (Å²) in [5, 5.41) is 2.94. The lowest BCUT2D eigenvalue weighted by molar-refractivity contribution is -0.143. The van der Waals surface area contributed by atoms with Crippen LogP contribution in [0.2, 0.25) is 0 Å². The third-order valence-corrected chi connectivity index (χ3v) is 7.41. The van der Waals surface area contributed by atoms with E-state index in [1.54, 1.807) is 9.80 Å². The van der Waals surface area contributed by atoms with Crippen LogP contribution < -0.4 is 5.32 Å². The SMILES string of the molecule is CC(C)C(=O)N1CCC2(CC1)NC(=O)N([C@H]1CCCN(C(=O)C[C@@H]3CCCCO3)C1)C2=O. The molecule has 5 amide bonds. The Balaban J connectivity index is 1.37. The highest BCUT2D eigenvalue weighted by Gasteiger charge is 2.55. The Kier molecular flexibility index (Phi) is 6.74. The van der Waals surface area contributed by atoms with Gasteiger partial charge in [0.1, 0.15) is 5.54 Å². The van der Waals surface area contributed by atoms with Crippen molar-refractivity contribution in [2.24, 2.45) is 5.92 Å². The summed E-state index contributed by atoms with van der Waals surface area (Å²) in [6.45, 7) is 6.43. The zero-order valence-electron chi connectivity index (χ0n) is 19.3. The molecule has 0 aromatic heterocycles. The second kappa shape index (κ2) is 9.37. The van der Waals surface area contributed by atoms with Crippen LogP contribution in [0.4, 0.5) is 4.79 Å². The average Bonchev–Trinajstić information content (AvgIpc) is 3.03. The fraction of sp³-hybridized carbons (Fsp3) is 0.826. The Hall–Kier alpha value is -2.16. The molecule has 4 fully saturated rings. The van der Waals surface area contributed by atoms with Gasteiger partial charge in [0.05, 0.1) is 18.6 Å². The van der Waals surface area contributed by atoms with E-state index in [-0.39, 0.29) is 41.8 Å². The summed E-state index contributed by atoms with van der Waals surface area (Å²) < 4.78 is 5.71. The molecule has 9 nitrogen and oxygen atoms in total. The second-order valence-electron chi connectivity index (χ2n) is 10.00. The van der Waals surface area contributed by atoms with Gasteiger partial charge in [0.25, 0.3) is 5.91 Å². The molecule has 2 atom stereocenters. The molecule has 4 heterocycles. The van der Waals surface area contributed by atoms with Crippen molar-refractivity contribution in [2.75, 3.05) is 32.8 Å². The molecular formula is C23H36N4O5. The van der Waals surface area contributed by atoms with Crippen LogP contribution in [0, 0.1) is 5.92 Å². The van der Waals surface area contributed by atoms with Crippen LogP contribution in [0.3, 0.4) is 0 Å². The third kappa shape index (κ3) is 4.49. The second-order valence-corrected chi connectivity index (χ2v) is 10.00. The van der Waals surface area contributed by atoms with Gasteiger partial charge in [-0.3, -0.25) is 19.3 Å². The van der Waals surface area contributed by atoms with Crippen LogP contribution in [0.25, 0.3) is 0 Å². The van der Waals surface area contributed by atoms with E-state index >= 15 is 0 Å². The number of piperidine rings is 2. The van der Waals surface area contributed by atoms with E-state index in [1.807, 2.05) is 13.8 Å². The number of amides is 5. The van der Waals surface area contributed by atoms with E-state index in [9.17, 15) is 19.2 Å². The number of urea groups is 1. The summed E-state index contributed by atoms with van der Waals surface area (Å²) in [4.78, 5) is 56.4. The van der Waals surface area contributed by atoms with Gasteiger partial charge in [-0.05, 0) is 44.9 Å². The molecule has 178 valence electrons. The van der Waals surface area contributed by atoms with Crippen LogP contribution in [-0.2, 0) is 19.1 Å². The molecule has 0 aromatic rings. The van der Waals surface area contributed by atoms with Crippen LogP contribution >= 0.6 is 0 Å². The molecule has 4 saturated heterocycles. The maximum atomic E-state index is 13.4. The molecule has 0 radical (unpaired) electrons. The van der Waals surface area contributed by atoms with Gasteiger partial charge < -0.3 is 19.9 Å². The fourth-order valence-corrected chi connectivity index (χ4v) is 5.47. The quantitative estimate of drug-likeness (QED) is 0.657. The number of ether oxygens (including phenoxy) is 1. The summed E-state index contributed by atoms with van der Waals surface area (Å²) in [5.74, 6) is -0.158. The van der Waals surface area contributed by atoms with Crippen molar-refractivity contribution in [1.29, 1.82) is 0 Å². The number of carbonyl (C=O) groups is 4. The molecule has 1 spiro atoms. The van der Waals surface area contributed by atoms with Crippen molar-refractivity contribution >= 4 is 23.8 Å². The Morgan fingerprint density at radius 2 is 1.81 bits per heavy atom. The van der Waals surface area contributed by atoms with E-state index in [4.69, 9.17) is 4.74 Å². The monoisotopic (exact) mass is 448 g/mol. The van der Waals surface area contributed by atoms with E-state index in [2.05, 4.69) is 5.32 Å². The maximum absolute atomic E-state index is 13.4. The predicted molar refractivity (Wildman–Crippen MR) is 117 cm³/mol. The summed E-state index contributed by atoms with van der Waals surface area (Å²) >= 11 is 0. The topological polar surface area (TPSA) is 99.3 Å². The summed E-state index contributed by atoms with van der Waals surface area (Å²) in [7, 11) is 0. The first kappa shape index (κ1) is 23.0. The summed E-state index contributed by atoms with van der Waals surface area (Å²) in [6, 6.07) is -0.671. The van der Waals surface area contributed by atoms with Gasteiger partial charge in [-0.2, -0.15) is 0 Å². The zero-order chi connectivity index (χ0) is 22.9. The lowest BCUT2D eigenvalue weighted by atomic mass is 9.86. The molecule has 0 bridgehead atoms. The normalized spacial score (nSPS) is 28.4. The lowest BCUT2D eigenvalue weighted by Gasteiger charge is -2.39. The molecule has 9 heteroatoms. The molecule has 0 aliphatic carbocycles. The molecule has 4 aliphatic rings. The van der Waals surface area contributed by atoms with Gasteiger partial charge in [-0.1, -0.05) is 13.8 Å². The van der Waals surface area contributed by atoms with E-state index in [0.29, 0.717) is 58.5 Å². The van der Waals surface area contributed by atoms with Crippen LogP contribution in [0.15, 0.2) is 0 Å². The Bertz CT molecular complexity index is 755. The number of imide groups is 1. The van der Waals surface area contributed by atoms with Gasteiger partial charge in [0.2, 0.25) is 11.8 Å². The Morgan fingerprint density at radius 1 is 1.06 bits per heavy atom. The van der Waals surface area contributed by atoms with Crippen molar-refractivity contribution in [3.05, 3.63) is 0 Å². The first-order valence-corrected chi connectivity index (χ1v) is 12.1. The van der Waals surface area contributed by atoms with Crippen molar-refractivity contribution in [3.63, 3.8) is 0 Å². The number of nitrogens with one attached hydrogen (secondary N) is 1. The molecule has 0 unspecified atom stereocenters. The number of carbonyl (C=O) groups excluding carboxylic acids is 4. The van der Waals surface area contributed by atoms with Crippen LogP contribution in [0.5, 0.6) is 0 Å². The first-order valence-electron chi connectivity index (χ1n) is 12.1. The number of rotatable bonds is 4. The Morgan fingerprint density at radius 3 is 2.47 bits per heavy atom. The molecule has 0 aromatic carbocycles. The van der Waals surface area contributed by atoms with Crippen LogP contribution in [-0.4, -0.2) is 88.9 Å². The molecule has 1 N–H and O–H groups in total. The van der Waals surface area contributed by atoms with E-state index in [1.165, 1.54) is 4.90 Å². The largest absolute Gasteiger partial charge is 0.378 e. The summed E-state index contributed by atoms with van der Waals surface area (Å²) in [5.41, 5.74) is -0.924. The number of likely N-dealkylation sites (tertiary alicyclic amines) is 2. The zero-order valence-corrected chi connectivity index (χ0v) is 19.3. The highest BCUT2D eigenvalue weighted by Crippen LogP contribution is 2.33. The molecule has 4 rings (SSSR count). The minimum absolute atomic E-state index is 0.0182. The van der Waals surface area contributed by atoms with Crippen molar-refractivity contribution < 1.29 is 23.9 Å². The molecule has 0 saturated carbocycles. The highest BCUT2D eigenvalue weighted by atomic mass is 16.5. The van der Waals surface area contributed by atoms with Gasteiger partial charge in [0, 0.05) is 38.7 Å². The standard InChI is InChI=1S/C23H36N4O5/c1-16(2)20(29)25-11-8-23(9-12-25)21(30)27(22(31)24-23)17-6-5-10-26(15-17)19(28)14-18-7-3-4-13-32-18/h16-18H,3-15H2,1-2H3,(H,24,31)/t17-,18-/m0/s1.